The summed E-state index contributed by atoms with van der Waals surface area (Å²) in [5, 5.41) is 0. The van der Waals surface area contributed by atoms with Gasteiger partial charge < -0.3 is 5.73 Å². The minimum Gasteiger partial charge on any atom is -0.368 e. The molecule has 1 rings (SSSR count). The summed E-state index contributed by atoms with van der Waals surface area (Å²) in [6.07, 6.45) is 0. The molecule has 5 heteroatoms. The van der Waals surface area contributed by atoms with Crippen molar-refractivity contribution in [2.75, 3.05) is 25.1 Å². The summed E-state index contributed by atoms with van der Waals surface area (Å²) in [5.74, 6) is 0.673. The molecule has 2 N–H and O–H groups in total. The van der Waals surface area contributed by atoms with Gasteiger partial charge in [-0.1, -0.05) is 13.8 Å². The van der Waals surface area contributed by atoms with Crippen LogP contribution in [-0.2, 0) is 15.6 Å². The third-order valence-corrected chi connectivity index (χ3v) is 3.20. The minimum absolute atomic E-state index is 0. The molecule has 0 bridgehead atoms. The van der Waals surface area contributed by atoms with Crippen molar-refractivity contribution >= 4 is 16.7 Å². The van der Waals surface area contributed by atoms with Gasteiger partial charge in [0.05, 0.1) is 0 Å². The van der Waals surface area contributed by atoms with Gasteiger partial charge in [-0.15, -0.1) is 0 Å². The molecule has 1 saturated heterocycles. The average molecular weight is 208 g/mol. The van der Waals surface area contributed by atoms with Gasteiger partial charge in [0.1, 0.15) is 6.04 Å². The third-order valence-electron chi connectivity index (χ3n) is 1.88. The van der Waals surface area contributed by atoms with Gasteiger partial charge >= 0.3 is 0 Å². The van der Waals surface area contributed by atoms with Gasteiger partial charge in [-0.25, -0.2) is 0 Å². The number of carbonyl (C=O) groups excluding carboxylic acids is 1. The Morgan fingerprint density at radius 3 is 2.54 bits per heavy atom. The Hall–Kier alpha value is -0.420. The van der Waals surface area contributed by atoms with Crippen LogP contribution in [0.2, 0.25) is 0 Å². The van der Waals surface area contributed by atoms with Gasteiger partial charge in [0.2, 0.25) is 5.91 Å². The van der Waals surface area contributed by atoms with E-state index in [1.54, 1.807) is 0 Å². The molecule has 0 saturated carbocycles. The normalized spacial score (nSPS) is 28.8. The van der Waals surface area contributed by atoms with Crippen molar-refractivity contribution in [2.24, 2.45) is 5.73 Å². The standard InChI is InChI=1S/C6H12N2O2S.C2H6.H2/c1-8-2-3-11(10)4-5(8)6(7)9;1-2;/h5H,2-4H2,1H3,(H2,7,9);1-2H3;1H. The van der Waals surface area contributed by atoms with Crippen molar-refractivity contribution in [1.29, 1.82) is 0 Å². The lowest BCUT2D eigenvalue weighted by Gasteiger charge is -2.29. The van der Waals surface area contributed by atoms with Crippen LogP contribution in [0, 0.1) is 0 Å². The molecule has 1 fully saturated rings. The summed E-state index contributed by atoms with van der Waals surface area (Å²) in [5.41, 5.74) is 5.10. The molecule has 0 radical (unpaired) electrons. The van der Waals surface area contributed by atoms with E-state index in [0.29, 0.717) is 18.1 Å². The predicted molar refractivity (Wildman–Crippen MR) is 57.0 cm³/mol. The fourth-order valence-electron chi connectivity index (χ4n) is 1.09. The highest BCUT2D eigenvalue weighted by atomic mass is 32.2. The Kier molecular flexibility index (Phi) is 5.90. The molecule has 1 amide bonds. The van der Waals surface area contributed by atoms with Crippen LogP contribution >= 0.6 is 0 Å². The Labute approximate surface area is 83.4 Å². The smallest absolute Gasteiger partial charge is 0.235 e. The van der Waals surface area contributed by atoms with E-state index in [0.717, 1.165) is 0 Å². The summed E-state index contributed by atoms with van der Waals surface area (Å²) in [4.78, 5) is 12.6. The molecule has 1 aliphatic heterocycles. The van der Waals surface area contributed by atoms with Crippen LogP contribution in [0.3, 0.4) is 0 Å². The topological polar surface area (TPSA) is 63.4 Å². The second-order valence-corrected chi connectivity index (χ2v) is 4.33. The van der Waals surface area contributed by atoms with Crippen LogP contribution in [0.5, 0.6) is 0 Å². The van der Waals surface area contributed by atoms with Crippen LogP contribution in [-0.4, -0.2) is 46.2 Å². The average Bonchev–Trinajstić information content (AvgIpc) is 2.12. The number of hydrogen-bond acceptors (Lipinski definition) is 3. The Morgan fingerprint density at radius 2 is 2.15 bits per heavy atom. The van der Waals surface area contributed by atoms with Gasteiger partial charge in [-0.3, -0.25) is 13.9 Å². The van der Waals surface area contributed by atoms with E-state index in [1.165, 1.54) is 0 Å². The first-order valence-electron chi connectivity index (χ1n) is 4.46. The molecule has 4 nitrogen and oxygen atoms in total. The zero-order chi connectivity index (χ0) is 10.4. The van der Waals surface area contributed by atoms with Crippen LogP contribution in [0.4, 0.5) is 0 Å². The van der Waals surface area contributed by atoms with Gasteiger partial charge in [0.15, 0.2) is 0 Å². The first-order chi connectivity index (χ1) is 6.11. The predicted octanol–water partition coefficient (Wildman–Crippen LogP) is -0.193. The zero-order valence-corrected chi connectivity index (χ0v) is 9.26. The number of hydrogen-bond donors (Lipinski definition) is 1. The molecule has 0 aromatic rings. The number of rotatable bonds is 1. The number of likely N-dealkylation sites (N-methyl/N-ethyl adjacent to an activating group) is 1. The van der Waals surface area contributed by atoms with Crippen molar-refractivity contribution in [3.05, 3.63) is 0 Å². The molecule has 2 atom stereocenters. The largest absolute Gasteiger partial charge is 0.368 e. The molecular weight excluding hydrogens is 188 g/mol. The van der Waals surface area contributed by atoms with Crippen molar-refractivity contribution in [3.63, 3.8) is 0 Å². The first-order valence-corrected chi connectivity index (χ1v) is 5.94. The van der Waals surface area contributed by atoms with Crippen LogP contribution in [0.25, 0.3) is 0 Å². The van der Waals surface area contributed by atoms with Crippen molar-refractivity contribution in [1.82, 2.24) is 4.90 Å². The van der Waals surface area contributed by atoms with Crippen LogP contribution < -0.4 is 5.73 Å². The van der Waals surface area contributed by atoms with E-state index in [-0.39, 0.29) is 13.4 Å². The number of primary amides is 1. The molecular formula is C8H20N2O2S. The molecule has 1 heterocycles. The van der Waals surface area contributed by atoms with E-state index in [1.807, 2.05) is 25.8 Å². The Balaban J connectivity index is 0. The fraction of sp³-hybridized carbons (Fsp3) is 0.875. The number of carbonyl (C=O) groups is 1. The number of amides is 1. The number of nitrogens with two attached hydrogens (primary N) is 1. The molecule has 80 valence electrons. The maximum absolute atomic E-state index is 11.0. The van der Waals surface area contributed by atoms with Crippen LogP contribution in [0.15, 0.2) is 0 Å². The van der Waals surface area contributed by atoms with E-state index in [4.69, 9.17) is 5.73 Å². The molecule has 13 heavy (non-hydrogen) atoms. The number of nitrogens with zero attached hydrogens (tertiary/aromatic N) is 1. The lowest BCUT2D eigenvalue weighted by Crippen LogP contribution is -2.51. The first kappa shape index (κ1) is 12.6. The Morgan fingerprint density at radius 1 is 1.62 bits per heavy atom. The molecule has 2 unspecified atom stereocenters. The summed E-state index contributed by atoms with van der Waals surface area (Å²) >= 11 is 0. The van der Waals surface area contributed by atoms with Crippen molar-refractivity contribution in [2.45, 2.75) is 19.9 Å². The van der Waals surface area contributed by atoms with Gasteiger partial charge in [0, 0.05) is 30.3 Å². The highest BCUT2D eigenvalue weighted by molar-refractivity contribution is 7.85. The van der Waals surface area contributed by atoms with E-state index < -0.39 is 10.8 Å². The lowest BCUT2D eigenvalue weighted by molar-refractivity contribution is -0.122. The van der Waals surface area contributed by atoms with E-state index >= 15 is 0 Å². The quantitative estimate of drug-likeness (QED) is 0.649. The molecule has 1 aliphatic rings. The lowest BCUT2D eigenvalue weighted by atomic mass is 10.3. The van der Waals surface area contributed by atoms with Crippen molar-refractivity contribution in [3.8, 4) is 0 Å². The summed E-state index contributed by atoms with van der Waals surface area (Å²) < 4.78 is 11.0. The molecule has 0 spiro atoms. The Bertz CT molecular complexity index is 202. The monoisotopic (exact) mass is 208 g/mol. The minimum atomic E-state index is -0.854. The second-order valence-electron chi connectivity index (χ2n) is 2.71. The van der Waals surface area contributed by atoms with Gasteiger partial charge in [-0.05, 0) is 7.05 Å². The third kappa shape index (κ3) is 3.87. The zero-order valence-electron chi connectivity index (χ0n) is 8.45. The second kappa shape index (κ2) is 6.10. The maximum atomic E-state index is 11.0. The summed E-state index contributed by atoms with van der Waals surface area (Å²) in [7, 11) is 0.971. The highest BCUT2D eigenvalue weighted by Gasteiger charge is 2.27. The maximum Gasteiger partial charge on any atom is 0.235 e. The van der Waals surface area contributed by atoms with Crippen LogP contribution in [0.1, 0.15) is 15.3 Å². The molecule has 0 aromatic carbocycles. The molecule has 0 aromatic heterocycles. The molecule has 0 aliphatic carbocycles. The summed E-state index contributed by atoms with van der Waals surface area (Å²) in [6.45, 7) is 4.69. The SMILES string of the molecule is CC.CN1CCS(=O)CC1C(N)=O.[HH]. The fourth-order valence-corrected chi connectivity index (χ4v) is 2.52. The van der Waals surface area contributed by atoms with Gasteiger partial charge in [0.25, 0.3) is 0 Å². The highest BCUT2D eigenvalue weighted by Crippen LogP contribution is 2.05. The van der Waals surface area contributed by atoms with E-state index in [9.17, 15) is 9.00 Å². The van der Waals surface area contributed by atoms with E-state index in [2.05, 4.69) is 0 Å². The van der Waals surface area contributed by atoms with Gasteiger partial charge in [-0.2, -0.15) is 0 Å². The summed E-state index contributed by atoms with van der Waals surface area (Å²) in [6, 6.07) is -0.329. The van der Waals surface area contributed by atoms with Crippen molar-refractivity contribution < 1.29 is 10.4 Å².